The van der Waals surface area contributed by atoms with E-state index < -0.39 is 10.0 Å². The molecule has 18 heavy (non-hydrogen) atoms. The number of nitrogens with one attached hydrogen (secondary N) is 1. The summed E-state index contributed by atoms with van der Waals surface area (Å²) in [6.07, 6.45) is 4.65. The second-order valence-electron chi connectivity index (χ2n) is 4.66. The molecule has 0 unspecified atom stereocenters. The van der Waals surface area contributed by atoms with Gasteiger partial charge < -0.3 is 4.98 Å². The molecule has 0 bridgehead atoms. The maximum atomic E-state index is 12.6. The minimum atomic E-state index is -3.34. The summed E-state index contributed by atoms with van der Waals surface area (Å²) in [6.45, 7) is 1.28. The van der Waals surface area contributed by atoms with Gasteiger partial charge in [-0.2, -0.15) is 4.31 Å². The van der Waals surface area contributed by atoms with Gasteiger partial charge in [0, 0.05) is 30.2 Å². The molecule has 1 aliphatic rings. The molecule has 1 fully saturated rings. The third-order valence-electron chi connectivity index (χ3n) is 3.48. The lowest BCUT2D eigenvalue weighted by Gasteiger charge is -2.25. The SMILES string of the molecule is O=S(=O)(c1c[nH]c2ccccc12)N1CCCCC1. The van der Waals surface area contributed by atoms with E-state index in [0.717, 1.165) is 30.2 Å². The van der Waals surface area contributed by atoms with Gasteiger partial charge in [-0.25, -0.2) is 8.42 Å². The first-order valence-electron chi connectivity index (χ1n) is 6.26. The van der Waals surface area contributed by atoms with E-state index >= 15 is 0 Å². The lowest BCUT2D eigenvalue weighted by atomic mass is 10.2. The lowest BCUT2D eigenvalue weighted by molar-refractivity contribution is 0.347. The number of aromatic nitrogens is 1. The first kappa shape index (κ1) is 11.7. The normalized spacial score (nSPS) is 18.2. The summed E-state index contributed by atoms with van der Waals surface area (Å²) in [5, 5.41) is 0.781. The van der Waals surface area contributed by atoms with Crippen molar-refractivity contribution in [3.63, 3.8) is 0 Å². The maximum Gasteiger partial charge on any atom is 0.245 e. The zero-order valence-electron chi connectivity index (χ0n) is 10.1. The van der Waals surface area contributed by atoms with Crippen LogP contribution in [-0.2, 0) is 10.0 Å². The fraction of sp³-hybridized carbons (Fsp3) is 0.385. The molecule has 0 spiro atoms. The fourth-order valence-corrected chi connectivity index (χ4v) is 4.18. The molecule has 1 aliphatic heterocycles. The third-order valence-corrected chi connectivity index (χ3v) is 5.42. The highest BCUT2D eigenvalue weighted by atomic mass is 32.2. The maximum absolute atomic E-state index is 12.6. The first-order chi connectivity index (χ1) is 8.69. The Labute approximate surface area is 107 Å². The van der Waals surface area contributed by atoms with Crippen molar-refractivity contribution < 1.29 is 8.42 Å². The molecule has 2 heterocycles. The zero-order chi connectivity index (χ0) is 12.6. The Hall–Kier alpha value is -1.33. The van der Waals surface area contributed by atoms with Crippen molar-refractivity contribution in [2.45, 2.75) is 24.2 Å². The van der Waals surface area contributed by atoms with Gasteiger partial charge in [0.05, 0.1) is 0 Å². The Morgan fingerprint density at radius 3 is 2.56 bits per heavy atom. The average Bonchev–Trinajstić information content (AvgIpc) is 2.84. The molecule has 5 heteroatoms. The minimum Gasteiger partial charge on any atom is -0.360 e. The van der Waals surface area contributed by atoms with E-state index in [4.69, 9.17) is 0 Å². The van der Waals surface area contributed by atoms with Crippen LogP contribution in [0.3, 0.4) is 0 Å². The molecule has 1 aromatic heterocycles. The van der Waals surface area contributed by atoms with Crippen LogP contribution in [0.5, 0.6) is 0 Å². The minimum absolute atomic E-state index is 0.403. The molecule has 0 radical (unpaired) electrons. The number of benzene rings is 1. The molecule has 1 aromatic carbocycles. The van der Waals surface area contributed by atoms with Crippen LogP contribution in [0.15, 0.2) is 35.4 Å². The predicted octanol–water partition coefficient (Wildman–Crippen LogP) is 2.34. The summed E-state index contributed by atoms with van der Waals surface area (Å²) in [6, 6.07) is 7.51. The summed E-state index contributed by atoms with van der Waals surface area (Å²) >= 11 is 0. The van der Waals surface area contributed by atoms with Gasteiger partial charge in [0.25, 0.3) is 0 Å². The van der Waals surface area contributed by atoms with Gasteiger partial charge in [0.1, 0.15) is 4.90 Å². The van der Waals surface area contributed by atoms with Gasteiger partial charge in [0.2, 0.25) is 10.0 Å². The number of H-pyrrole nitrogens is 1. The molecule has 96 valence electrons. The fourth-order valence-electron chi connectivity index (χ4n) is 2.50. The second-order valence-corrected chi connectivity index (χ2v) is 6.57. The molecule has 1 N–H and O–H groups in total. The second kappa shape index (κ2) is 4.40. The number of nitrogens with zero attached hydrogens (tertiary/aromatic N) is 1. The number of sulfonamides is 1. The molecule has 0 aliphatic carbocycles. The van der Waals surface area contributed by atoms with Crippen molar-refractivity contribution in [2.24, 2.45) is 0 Å². The molecule has 0 atom stereocenters. The molecular weight excluding hydrogens is 248 g/mol. The Kier molecular flexibility index (Phi) is 2.87. The highest BCUT2D eigenvalue weighted by molar-refractivity contribution is 7.89. The summed E-state index contributed by atoms with van der Waals surface area (Å²) in [5.74, 6) is 0. The van der Waals surface area contributed by atoms with E-state index in [1.165, 1.54) is 0 Å². The van der Waals surface area contributed by atoms with Crippen molar-refractivity contribution >= 4 is 20.9 Å². The molecule has 3 rings (SSSR count). The summed E-state index contributed by atoms with van der Waals surface area (Å²) in [4.78, 5) is 3.43. The average molecular weight is 264 g/mol. The highest BCUT2D eigenvalue weighted by Crippen LogP contribution is 2.27. The molecule has 1 saturated heterocycles. The number of hydrogen-bond donors (Lipinski definition) is 1. The summed E-state index contributed by atoms with van der Waals surface area (Å²) in [5.41, 5.74) is 0.869. The molecule has 2 aromatic rings. The van der Waals surface area contributed by atoms with Crippen LogP contribution in [0.25, 0.3) is 10.9 Å². The van der Waals surface area contributed by atoms with E-state index in [1.807, 2.05) is 24.3 Å². The van der Waals surface area contributed by atoms with E-state index in [1.54, 1.807) is 10.5 Å². The van der Waals surface area contributed by atoms with Crippen molar-refractivity contribution in [3.8, 4) is 0 Å². The van der Waals surface area contributed by atoms with Crippen molar-refractivity contribution in [1.29, 1.82) is 0 Å². The molecule has 4 nitrogen and oxygen atoms in total. The van der Waals surface area contributed by atoms with E-state index in [2.05, 4.69) is 4.98 Å². The van der Waals surface area contributed by atoms with Gasteiger partial charge in [0.15, 0.2) is 0 Å². The number of hydrogen-bond acceptors (Lipinski definition) is 2. The lowest BCUT2D eigenvalue weighted by Crippen LogP contribution is -2.35. The first-order valence-corrected chi connectivity index (χ1v) is 7.70. The number of piperidine rings is 1. The topological polar surface area (TPSA) is 53.2 Å². The van der Waals surface area contributed by atoms with Crippen LogP contribution in [-0.4, -0.2) is 30.8 Å². The highest BCUT2D eigenvalue weighted by Gasteiger charge is 2.28. The van der Waals surface area contributed by atoms with Crippen molar-refractivity contribution in [2.75, 3.05) is 13.1 Å². The van der Waals surface area contributed by atoms with Crippen molar-refractivity contribution in [1.82, 2.24) is 9.29 Å². The Bertz CT molecular complexity index is 654. The number of aromatic amines is 1. The number of para-hydroxylation sites is 1. The zero-order valence-corrected chi connectivity index (χ0v) is 10.9. The van der Waals surface area contributed by atoms with Crippen LogP contribution in [0.2, 0.25) is 0 Å². The van der Waals surface area contributed by atoms with Crippen LogP contribution >= 0.6 is 0 Å². The number of fused-ring (bicyclic) bond motifs is 1. The van der Waals surface area contributed by atoms with Gasteiger partial charge in [-0.15, -0.1) is 0 Å². The summed E-state index contributed by atoms with van der Waals surface area (Å²) in [7, 11) is -3.34. The standard InChI is InChI=1S/C13H16N2O2S/c16-18(17,15-8-4-1-5-9-15)13-10-14-12-7-3-2-6-11(12)13/h2-3,6-7,10,14H,1,4-5,8-9H2. The van der Waals surface area contributed by atoms with Gasteiger partial charge >= 0.3 is 0 Å². The summed E-state index contributed by atoms with van der Waals surface area (Å²) < 4.78 is 26.7. The van der Waals surface area contributed by atoms with Crippen molar-refractivity contribution in [3.05, 3.63) is 30.5 Å². The Balaban J connectivity index is 2.07. The van der Waals surface area contributed by atoms with Crippen LogP contribution < -0.4 is 0 Å². The molecular formula is C13H16N2O2S. The quantitative estimate of drug-likeness (QED) is 0.905. The molecule has 0 saturated carbocycles. The van der Waals surface area contributed by atoms with E-state index in [0.29, 0.717) is 18.0 Å². The molecule has 0 amide bonds. The van der Waals surface area contributed by atoms with Crippen LogP contribution in [0.4, 0.5) is 0 Å². The van der Waals surface area contributed by atoms with E-state index in [9.17, 15) is 8.42 Å². The van der Waals surface area contributed by atoms with E-state index in [-0.39, 0.29) is 0 Å². The van der Waals surface area contributed by atoms with Crippen LogP contribution in [0, 0.1) is 0 Å². The Morgan fingerprint density at radius 1 is 1.06 bits per heavy atom. The largest absolute Gasteiger partial charge is 0.360 e. The van der Waals surface area contributed by atoms with Gasteiger partial charge in [-0.3, -0.25) is 0 Å². The smallest absolute Gasteiger partial charge is 0.245 e. The predicted molar refractivity (Wildman–Crippen MR) is 70.9 cm³/mol. The van der Waals surface area contributed by atoms with Gasteiger partial charge in [-0.05, 0) is 18.9 Å². The van der Waals surface area contributed by atoms with Crippen LogP contribution in [0.1, 0.15) is 19.3 Å². The monoisotopic (exact) mass is 264 g/mol. The third kappa shape index (κ3) is 1.83. The number of rotatable bonds is 2. The van der Waals surface area contributed by atoms with Gasteiger partial charge in [-0.1, -0.05) is 24.6 Å². The Morgan fingerprint density at radius 2 is 1.78 bits per heavy atom.